The number of benzene rings is 1. The summed E-state index contributed by atoms with van der Waals surface area (Å²) in [5, 5.41) is 7.89. The minimum atomic E-state index is -0.0685. The second-order valence-electron chi connectivity index (χ2n) is 7.50. The Balaban J connectivity index is 0.00000256. The monoisotopic (exact) mass is 433 g/mol. The summed E-state index contributed by atoms with van der Waals surface area (Å²) in [5.41, 5.74) is 1.08. The maximum Gasteiger partial charge on any atom is 0.274 e. The molecule has 3 heterocycles. The average molecular weight is 434 g/mol. The number of rotatable bonds is 4. The number of piperazine rings is 1. The van der Waals surface area contributed by atoms with Crippen LogP contribution in [0.5, 0.6) is 5.75 Å². The van der Waals surface area contributed by atoms with Crippen molar-refractivity contribution < 1.29 is 14.3 Å². The molecule has 0 spiro atoms. The summed E-state index contributed by atoms with van der Waals surface area (Å²) in [5.74, 6) is 0.555. The van der Waals surface area contributed by atoms with E-state index in [-0.39, 0.29) is 24.2 Å². The van der Waals surface area contributed by atoms with E-state index < -0.39 is 0 Å². The van der Waals surface area contributed by atoms with E-state index in [9.17, 15) is 9.59 Å². The fraction of sp³-hybridized carbons (Fsp3) is 0.476. The number of hydrogen-bond acceptors (Lipinski definition) is 5. The van der Waals surface area contributed by atoms with Crippen molar-refractivity contribution in [1.82, 2.24) is 24.9 Å². The number of ether oxygens (including phenoxy) is 1. The predicted molar refractivity (Wildman–Crippen MR) is 115 cm³/mol. The molecule has 162 valence electrons. The van der Waals surface area contributed by atoms with E-state index in [1.165, 1.54) is 0 Å². The van der Waals surface area contributed by atoms with E-state index in [0.717, 1.165) is 25.9 Å². The van der Waals surface area contributed by atoms with Gasteiger partial charge in [0.25, 0.3) is 11.8 Å². The van der Waals surface area contributed by atoms with Crippen LogP contribution in [0.1, 0.15) is 39.7 Å². The van der Waals surface area contributed by atoms with Crippen LogP contribution in [0.15, 0.2) is 36.5 Å². The first kappa shape index (κ1) is 22.1. The molecule has 0 aliphatic carbocycles. The minimum Gasteiger partial charge on any atom is -0.497 e. The van der Waals surface area contributed by atoms with Crippen LogP contribution >= 0.6 is 12.4 Å². The van der Waals surface area contributed by atoms with Gasteiger partial charge in [0.1, 0.15) is 11.4 Å². The Morgan fingerprint density at radius 2 is 1.83 bits per heavy atom. The molecular formula is C21H28ClN5O3. The molecule has 8 nitrogen and oxygen atoms in total. The zero-order valence-electron chi connectivity index (χ0n) is 17.1. The average Bonchev–Trinajstić information content (AvgIpc) is 3.29. The number of aromatic nitrogens is 2. The molecule has 1 aromatic carbocycles. The van der Waals surface area contributed by atoms with Crippen molar-refractivity contribution in [1.29, 1.82) is 0 Å². The maximum absolute atomic E-state index is 12.8. The summed E-state index contributed by atoms with van der Waals surface area (Å²) in [6.07, 6.45) is 4.10. The predicted octanol–water partition coefficient (Wildman–Crippen LogP) is 1.84. The Labute approximate surface area is 182 Å². The number of hydrogen-bond donors (Lipinski definition) is 1. The lowest BCUT2D eigenvalue weighted by Gasteiger charge is -2.34. The molecule has 4 rings (SSSR count). The van der Waals surface area contributed by atoms with Gasteiger partial charge in [0, 0.05) is 44.5 Å². The van der Waals surface area contributed by atoms with Gasteiger partial charge in [-0.1, -0.05) is 6.07 Å². The van der Waals surface area contributed by atoms with Crippen LogP contribution < -0.4 is 10.1 Å². The van der Waals surface area contributed by atoms with E-state index in [1.54, 1.807) is 35.1 Å². The van der Waals surface area contributed by atoms with Gasteiger partial charge in [-0.2, -0.15) is 5.10 Å². The zero-order chi connectivity index (χ0) is 20.2. The Kier molecular flexibility index (Phi) is 7.33. The molecule has 9 heteroatoms. The van der Waals surface area contributed by atoms with Crippen molar-refractivity contribution in [2.75, 3.05) is 46.4 Å². The molecule has 2 saturated heterocycles. The first-order valence-electron chi connectivity index (χ1n) is 10.1. The molecule has 0 saturated carbocycles. The number of amides is 2. The van der Waals surface area contributed by atoms with Gasteiger partial charge < -0.3 is 19.9 Å². The van der Waals surface area contributed by atoms with Crippen molar-refractivity contribution >= 4 is 24.2 Å². The molecule has 1 unspecified atom stereocenters. The molecule has 1 aromatic heterocycles. The van der Waals surface area contributed by atoms with E-state index in [2.05, 4.69) is 10.4 Å². The number of halogens is 1. The van der Waals surface area contributed by atoms with Gasteiger partial charge in [0.05, 0.1) is 13.2 Å². The highest BCUT2D eigenvalue weighted by atomic mass is 35.5. The van der Waals surface area contributed by atoms with Gasteiger partial charge in [-0.05, 0) is 43.7 Å². The van der Waals surface area contributed by atoms with Gasteiger partial charge in [0.15, 0.2) is 0 Å². The normalized spacial score (nSPS) is 19.2. The molecule has 0 radical (unpaired) electrons. The highest BCUT2D eigenvalue weighted by Gasteiger charge is 2.27. The highest BCUT2D eigenvalue weighted by Crippen LogP contribution is 2.18. The van der Waals surface area contributed by atoms with E-state index in [0.29, 0.717) is 49.2 Å². The molecule has 2 aliphatic heterocycles. The third-order valence-electron chi connectivity index (χ3n) is 5.64. The third-order valence-corrected chi connectivity index (χ3v) is 5.64. The molecule has 2 aromatic rings. The van der Waals surface area contributed by atoms with Gasteiger partial charge in [-0.15, -0.1) is 12.4 Å². The number of nitrogens with zero attached hydrogens (tertiary/aromatic N) is 4. The lowest BCUT2D eigenvalue weighted by molar-refractivity contribution is 0.0531. The quantitative estimate of drug-likeness (QED) is 0.795. The number of carbonyl (C=O) groups is 2. The maximum atomic E-state index is 12.8. The van der Waals surface area contributed by atoms with Crippen LogP contribution in [-0.4, -0.2) is 77.8 Å². The van der Waals surface area contributed by atoms with Crippen LogP contribution in [0, 0.1) is 0 Å². The molecule has 30 heavy (non-hydrogen) atoms. The number of nitrogens with one attached hydrogen (secondary N) is 1. The smallest absolute Gasteiger partial charge is 0.274 e. The van der Waals surface area contributed by atoms with E-state index in [4.69, 9.17) is 4.74 Å². The summed E-state index contributed by atoms with van der Waals surface area (Å²) in [7, 11) is 1.58. The fourth-order valence-corrected chi connectivity index (χ4v) is 3.93. The second kappa shape index (κ2) is 9.95. The van der Waals surface area contributed by atoms with Crippen LogP contribution in [0.3, 0.4) is 0 Å². The number of carbonyl (C=O) groups excluding carboxylic acids is 2. The second-order valence-corrected chi connectivity index (χ2v) is 7.50. The minimum absolute atomic E-state index is 0. The Morgan fingerprint density at radius 1 is 1.10 bits per heavy atom. The molecule has 1 atom stereocenters. The van der Waals surface area contributed by atoms with Crippen LogP contribution in [0.2, 0.25) is 0 Å². The SMILES string of the molecule is COc1cccc(C(=O)N2CCN(C(=O)c3ccn(C4CCCNC4)n3)CC2)c1.Cl. The Morgan fingerprint density at radius 3 is 2.50 bits per heavy atom. The summed E-state index contributed by atoms with van der Waals surface area (Å²) >= 11 is 0. The number of methoxy groups -OCH3 is 1. The van der Waals surface area contributed by atoms with Crippen molar-refractivity contribution in [3.8, 4) is 5.75 Å². The largest absolute Gasteiger partial charge is 0.497 e. The lowest BCUT2D eigenvalue weighted by atomic mass is 10.1. The summed E-state index contributed by atoms with van der Waals surface area (Å²) in [6.45, 7) is 3.96. The molecule has 2 fully saturated rings. The summed E-state index contributed by atoms with van der Waals surface area (Å²) in [6, 6.07) is 9.26. The standard InChI is InChI=1S/C21H27N5O3.ClH/c1-29-18-6-2-4-16(14-18)20(27)24-10-12-25(13-11-24)21(28)19-7-9-26(23-19)17-5-3-8-22-15-17;/h2,4,6-7,9,14,17,22H,3,5,8,10-13,15H2,1H3;1H. The van der Waals surface area contributed by atoms with Gasteiger partial charge in [0.2, 0.25) is 0 Å². The topological polar surface area (TPSA) is 79.7 Å². The van der Waals surface area contributed by atoms with Crippen molar-refractivity contribution in [3.05, 3.63) is 47.8 Å². The van der Waals surface area contributed by atoms with Crippen molar-refractivity contribution in [2.24, 2.45) is 0 Å². The van der Waals surface area contributed by atoms with Crippen molar-refractivity contribution in [3.63, 3.8) is 0 Å². The Bertz CT molecular complexity index is 873. The molecule has 1 N–H and O–H groups in total. The zero-order valence-corrected chi connectivity index (χ0v) is 17.9. The molecule has 0 bridgehead atoms. The van der Waals surface area contributed by atoms with Gasteiger partial charge >= 0.3 is 0 Å². The molecule has 2 amide bonds. The van der Waals surface area contributed by atoms with Gasteiger partial charge in [-0.3, -0.25) is 14.3 Å². The number of piperidine rings is 1. The first-order valence-corrected chi connectivity index (χ1v) is 10.1. The van der Waals surface area contributed by atoms with Crippen molar-refractivity contribution in [2.45, 2.75) is 18.9 Å². The lowest BCUT2D eigenvalue weighted by Crippen LogP contribution is -2.50. The highest BCUT2D eigenvalue weighted by molar-refractivity contribution is 5.95. The van der Waals surface area contributed by atoms with Crippen LogP contribution in [0.25, 0.3) is 0 Å². The summed E-state index contributed by atoms with van der Waals surface area (Å²) in [4.78, 5) is 29.1. The van der Waals surface area contributed by atoms with Crippen LogP contribution in [0.4, 0.5) is 0 Å². The Hall–Kier alpha value is -2.58. The summed E-state index contributed by atoms with van der Waals surface area (Å²) < 4.78 is 7.10. The van der Waals surface area contributed by atoms with E-state index >= 15 is 0 Å². The van der Waals surface area contributed by atoms with Gasteiger partial charge in [-0.25, -0.2) is 0 Å². The third kappa shape index (κ3) is 4.76. The fourth-order valence-electron chi connectivity index (χ4n) is 3.93. The van der Waals surface area contributed by atoms with Crippen LogP contribution in [-0.2, 0) is 0 Å². The molecular weight excluding hydrogens is 406 g/mol. The molecule has 2 aliphatic rings. The first-order chi connectivity index (χ1) is 14.2. The van der Waals surface area contributed by atoms with E-state index in [1.807, 2.05) is 23.0 Å².